The van der Waals surface area contributed by atoms with Gasteiger partial charge in [0.15, 0.2) is 0 Å². The van der Waals surface area contributed by atoms with E-state index in [2.05, 4.69) is 11.1 Å². The molecule has 1 aliphatic heterocycles. The number of aliphatic carboxylic acids is 1. The van der Waals surface area contributed by atoms with Crippen molar-refractivity contribution in [1.29, 1.82) is 0 Å². The minimum Gasteiger partial charge on any atom is -0.481 e. The van der Waals surface area contributed by atoms with E-state index >= 15 is 0 Å². The predicted octanol–water partition coefficient (Wildman–Crippen LogP) is 1.46. The van der Waals surface area contributed by atoms with Crippen molar-refractivity contribution in [3.63, 3.8) is 0 Å². The van der Waals surface area contributed by atoms with Gasteiger partial charge in [-0.25, -0.2) is 0 Å². The highest BCUT2D eigenvalue weighted by Crippen LogP contribution is 1.92. The van der Waals surface area contributed by atoms with E-state index < -0.39 is 5.97 Å². The fourth-order valence-electron chi connectivity index (χ4n) is 0.442. The van der Waals surface area contributed by atoms with Crippen LogP contribution in [0.2, 0.25) is 0 Å². The monoisotopic (exact) mass is 141 g/mol. The molecule has 56 valence electrons. The summed E-state index contributed by atoms with van der Waals surface area (Å²) in [6.45, 7) is 1.08. The normalized spacial score (nSPS) is 13.7. The van der Waals surface area contributed by atoms with E-state index in [0.717, 1.165) is 13.3 Å². The summed E-state index contributed by atoms with van der Waals surface area (Å²) >= 11 is 0. The van der Waals surface area contributed by atoms with E-state index in [0.29, 0.717) is 0 Å². The molecule has 3 heteroatoms. The van der Waals surface area contributed by atoms with E-state index in [1.165, 1.54) is 6.42 Å². The van der Waals surface area contributed by atoms with Crippen LogP contribution in [0.5, 0.6) is 0 Å². The summed E-state index contributed by atoms with van der Waals surface area (Å²) in [5.74, 6) is -0.833. The largest absolute Gasteiger partial charge is 0.481 e. The highest BCUT2D eigenvalue weighted by atomic mass is 16.4. The zero-order chi connectivity index (χ0) is 7.82. The molecule has 0 amide bonds. The van der Waals surface area contributed by atoms with Gasteiger partial charge in [0.1, 0.15) is 0 Å². The summed E-state index contributed by atoms with van der Waals surface area (Å²) in [5, 5.41) is 7.42. The Morgan fingerprint density at radius 3 is 2.30 bits per heavy atom. The first-order chi connectivity index (χ1) is 4.73. The lowest BCUT2D eigenvalue weighted by atomic mass is 10.3. The molecule has 0 bridgehead atoms. The number of carboxylic acid groups (broad SMARTS) is 1. The fourth-order valence-corrected chi connectivity index (χ4v) is 0.442. The van der Waals surface area contributed by atoms with Crippen LogP contribution >= 0.6 is 0 Å². The van der Waals surface area contributed by atoms with Gasteiger partial charge in [0.2, 0.25) is 0 Å². The maximum atomic E-state index is 9.00. The average molecular weight is 141 g/mol. The number of hydrogen-bond acceptors (Lipinski definition) is 2. The highest BCUT2D eigenvalue weighted by Gasteiger charge is 1.78. The van der Waals surface area contributed by atoms with E-state index in [1.807, 2.05) is 12.4 Å². The lowest BCUT2D eigenvalue weighted by Crippen LogP contribution is -1.78. The summed E-state index contributed by atoms with van der Waals surface area (Å²) in [6, 6.07) is 0. The van der Waals surface area contributed by atoms with Crippen molar-refractivity contribution in [2.75, 3.05) is 0 Å². The zero-order valence-electron chi connectivity index (χ0n) is 5.95. The first-order valence-electron chi connectivity index (χ1n) is 3.09. The van der Waals surface area contributed by atoms with E-state index in [-0.39, 0.29) is 0 Å². The molecule has 1 rings (SSSR count). The van der Waals surface area contributed by atoms with Crippen LogP contribution in [0.4, 0.5) is 0 Å². The molecule has 0 atom stereocenters. The molecule has 0 aromatic heterocycles. The van der Waals surface area contributed by atoms with Gasteiger partial charge in [-0.1, -0.05) is 6.08 Å². The SMILES string of the molecule is C1=CN=CCC1.CC(=O)O. The standard InChI is InChI=1S/C5H7N.C2H4O2/c1-2-4-6-5-3-1;1-2(3)4/h2,4-5H,1,3H2;1H3,(H,3,4). The number of carboxylic acids is 1. The zero-order valence-corrected chi connectivity index (χ0v) is 5.95. The third-order valence-electron chi connectivity index (χ3n) is 0.759. The number of rotatable bonds is 0. The molecular weight excluding hydrogens is 130 g/mol. The minimum atomic E-state index is -0.833. The Hall–Kier alpha value is -1.12. The number of carbonyl (C=O) groups is 1. The fraction of sp³-hybridized carbons (Fsp3) is 0.429. The first-order valence-corrected chi connectivity index (χ1v) is 3.09. The van der Waals surface area contributed by atoms with E-state index in [1.54, 1.807) is 0 Å². The Kier molecular flexibility index (Phi) is 5.33. The second-order valence-electron chi connectivity index (χ2n) is 1.81. The number of hydrogen-bond donors (Lipinski definition) is 1. The van der Waals surface area contributed by atoms with E-state index in [9.17, 15) is 0 Å². The second kappa shape index (κ2) is 6.01. The van der Waals surface area contributed by atoms with Crippen molar-refractivity contribution < 1.29 is 9.90 Å². The maximum absolute atomic E-state index is 9.00. The van der Waals surface area contributed by atoms with Gasteiger partial charge < -0.3 is 5.11 Å². The molecule has 3 nitrogen and oxygen atoms in total. The molecule has 0 fully saturated rings. The van der Waals surface area contributed by atoms with Gasteiger partial charge in [-0.2, -0.15) is 0 Å². The molecule has 0 unspecified atom stereocenters. The molecule has 10 heavy (non-hydrogen) atoms. The molecule has 1 aliphatic rings. The number of allylic oxidation sites excluding steroid dienone is 1. The van der Waals surface area contributed by atoms with Crippen LogP contribution in [0.25, 0.3) is 0 Å². The van der Waals surface area contributed by atoms with Gasteiger partial charge in [-0.3, -0.25) is 9.79 Å². The average Bonchev–Trinajstić information content (AvgIpc) is 1.90. The summed E-state index contributed by atoms with van der Waals surface area (Å²) in [5.41, 5.74) is 0. The van der Waals surface area contributed by atoms with Gasteiger partial charge in [0.05, 0.1) is 0 Å². The molecule has 0 saturated carbocycles. The van der Waals surface area contributed by atoms with Crippen LogP contribution in [0.3, 0.4) is 0 Å². The molecular formula is C7H11NO2. The Labute approximate surface area is 60.1 Å². The maximum Gasteiger partial charge on any atom is 0.300 e. The lowest BCUT2D eigenvalue weighted by Gasteiger charge is -1.87. The highest BCUT2D eigenvalue weighted by molar-refractivity contribution is 5.63. The van der Waals surface area contributed by atoms with Gasteiger partial charge in [0, 0.05) is 19.3 Å². The number of nitrogens with zero attached hydrogens (tertiary/aromatic N) is 1. The van der Waals surface area contributed by atoms with Gasteiger partial charge in [-0.15, -0.1) is 0 Å². The van der Waals surface area contributed by atoms with Crippen LogP contribution < -0.4 is 0 Å². The number of aliphatic imine (C=N–C) groups is 1. The topological polar surface area (TPSA) is 49.7 Å². The summed E-state index contributed by atoms with van der Waals surface area (Å²) in [4.78, 5) is 12.9. The predicted molar refractivity (Wildman–Crippen MR) is 40.2 cm³/mol. The van der Waals surface area contributed by atoms with Crippen LogP contribution in [-0.2, 0) is 4.79 Å². The molecule has 1 heterocycles. The molecule has 0 saturated heterocycles. The molecule has 0 radical (unpaired) electrons. The molecule has 0 spiro atoms. The van der Waals surface area contributed by atoms with Crippen LogP contribution in [-0.4, -0.2) is 17.3 Å². The Morgan fingerprint density at radius 2 is 2.20 bits per heavy atom. The van der Waals surface area contributed by atoms with Gasteiger partial charge >= 0.3 is 0 Å². The molecule has 0 aliphatic carbocycles. The van der Waals surface area contributed by atoms with Crippen molar-refractivity contribution >= 4 is 12.2 Å². The van der Waals surface area contributed by atoms with Crippen molar-refractivity contribution in [1.82, 2.24) is 0 Å². The summed E-state index contributed by atoms with van der Waals surface area (Å²) < 4.78 is 0. The van der Waals surface area contributed by atoms with Gasteiger partial charge in [-0.05, 0) is 12.8 Å². The molecule has 0 aromatic carbocycles. The third kappa shape index (κ3) is 9.99. The first kappa shape index (κ1) is 8.88. The summed E-state index contributed by atoms with van der Waals surface area (Å²) in [6.07, 6.45) is 8.13. The van der Waals surface area contributed by atoms with Crippen molar-refractivity contribution in [2.24, 2.45) is 4.99 Å². The Morgan fingerprint density at radius 1 is 1.60 bits per heavy atom. The smallest absolute Gasteiger partial charge is 0.300 e. The Bertz CT molecular complexity index is 134. The van der Waals surface area contributed by atoms with Crippen LogP contribution in [0.15, 0.2) is 17.3 Å². The van der Waals surface area contributed by atoms with Crippen molar-refractivity contribution in [3.05, 3.63) is 12.3 Å². The van der Waals surface area contributed by atoms with Crippen LogP contribution in [0.1, 0.15) is 19.8 Å². The molecule has 1 N–H and O–H groups in total. The Balaban J connectivity index is 0.000000180. The van der Waals surface area contributed by atoms with Crippen molar-refractivity contribution in [2.45, 2.75) is 19.8 Å². The third-order valence-corrected chi connectivity index (χ3v) is 0.759. The van der Waals surface area contributed by atoms with Gasteiger partial charge in [0.25, 0.3) is 5.97 Å². The lowest BCUT2D eigenvalue weighted by molar-refractivity contribution is -0.134. The second-order valence-corrected chi connectivity index (χ2v) is 1.81. The van der Waals surface area contributed by atoms with Crippen molar-refractivity contribution in [3.8, 4) is 0 Å². The quantitative estimate of drug-likeness (QED) is 0.555. The minimum absolute atomic E-state index is 0.833. The van der Waals surface area contributed by atoms with E-state index in [4.69, 9.17) is 9.90 Å². The summed E-state index contributed by atoms with van der Waals surface area (Å²) in [7, 11) is 0. The van der Waals surface area contributed by atoms with Crippen LogP contribution in [0, 0.1) is 0 Å². The molecule has 0 aromatic rings.